The number of benzene rings is 2. The van der Waals surface area contributed by atoms with Crippen LogP contribution in [0.3, 0.4) is 0 Å². The van der Waals surface area contributed by atoms with Crippen LogP contribution in [0.1, 0.15) is 17.3 Å². The minimum Gasteiger partial charge on any atom is -0.494 e. The highest BCUT2D eigenvalue weighted by Crippen LogP contribution is 2.23. The molecular formula is C19H16Cl2N2O3. The van der Waals surface area contributed by atoms with Gasteiger partial charge in [-0.1, -0.05) is 23.2 Å². The third kappa shape index (κ3) is 3.69. The average Bonchev–Trinajstić information content (AvgIpc) is 2.57. The quantitative estimate of drug-likeness (QED) is 0.713. The van der Waals surface area contributed by atoms with E-state index in [9.17, 15) is 9.59 Å². The van der Waals surface area contributed by atoms with E-state index in [-0.39, 0.29) is 11.0 Å². The number of hydrogen-bond acceptors (Lipinski definition) is 3. The lowest BCUT2D eigenvalue weighted by Gasteiger charge is -2.11. The lowest BCUT2D eigenvalue weighted by Crippen LogP contribution is -2.23. The van der Waals surface area contributed by atoms with Crippen LogP contribution in [0.5, 0.6) is 5.75 Å². The summed E-state index contributed by atoms with van der Waals surface area (Å²) >= 11 is 11.9. The van der Waals surface area contributed by atoms with Crippen molar-refractivity contribution in [3.63, 3.8) is 0 Å². The van der Waals surface area contributed by atoms with Gasteiger partial charge in [0.25, 0.3) is 5.91 Å². The van der Waals surface area contributed by atoms with Crippen LogP contribution in [0.15, 0.2) is 47.4 Å². The molecule has 134 valence electrons. The molecule has 0 bridgehead atoms. The van der Waals surface area contributed by atoms with Crippen LogP contribution in [0.25, 0.3) is 10.9 Å². The summed E-state index contributed by atoms with van der Waals surface area (Å²) in [7, 11) is 1.77. The van der Waals surface area contributed by atoms with Gasteiger partial charge in [-0.15, -0.1) is 0 Å². The molecule has 0 spiro atoms. The van der Waals surface area contributed by atoms with Crippen LogP contribution in [0, 0.1) is 0 Å². The van der Waals surface area contributed by atoms with E-state index in [1.165, 1.54) is 6.20 Å². The van der Waals surface area contributed by atoms with Crippen molar-refractivity contribution in [2.45, 2.75) is 6.92 Å². The Kier molecular flexibility index (Phi) is 5.20. The molecule has 7 heteroatoms. The topological polar surface area (TPSA) is 60.3 Å². The van der Waals surface area contributed by atoms with Gasteiger partial charge in [-0.05, 0) is 43.3 Å². The van der Waals surface area contributed by atoms with Gasteiger partial charge in [-0.3, -0.25) is 9.59 Å². The fourth-order valence-corrected chi connectivity index (χ4v) is 3.24. The average molecular weight is 391 g/mol. The van der Waals surface area contributed by atoms with E-state index in [0.29, 0.717) is 39.0 Å². The number of fused-ring (bicyclic) bond motifs is 1. The van der Waals surface area contributed by atoms with Gasteiger partial charge in [0.15, 0.2) is 0 Å². The summed E-state index contributed by atoms with van der Waals surface area (Å²) in [6.45, 7) is 2.35. The molecule has 0 fully saturated rings. The smallest absolute Gasteiger partial charge is 0.261 e. The Balaban J connectivity index is 2.04. The molecule has 0 aliphatic heterocycles. The number of amides is 1. The number of carbonyl (C=O) groups excluding carboxylic acids is 1. The predicted octanol–water partition coefficient (Wildman–Crippen LogP) is 4.50. The number of pyridine rings is 1. The second kappa shape index (κ2) is 7.40. The Bertz CT molecular complexity index is 1040. The van der Waals surface area contributed by atoms with E-state index in [2.05, 4.69) is 5.32 Å². The number of ether oxygens (including phenoxy) is 1. The van der Waals surface area contributed by atoms with Gasteiger partial charge in [-0.2, -0.15) is 0 Å². The zero-order chi connectivity index (χ0) is 18.8. The highest BCUT2D eigenvalue weighted by molar-refractivity contribution is 6.35. The molecule has 1 amide bonds. The first kappa shape index (κ1) is 18.3. The lowest BCUT2D eigenvalue weighted by molar-refractivity contribution is 0.102. The van der Waals surface area contributed by atoms with E-state index in [1.54, 1.807) is 48.0 Å². The number of nitrogens with zero attached hydrogens (tertiary/aromatic N) is 1. The zero-order valence-corrected chi connectivity index (χ0v) is 15.7. The number of rotatable bonds is 4. The lowest BCUT2D eigenvalue weighted by atomic mass is 10.1. The van der Waals surface area contributed by atoms with Gasteiger partial charge in [-0.25, -0.2) is 0 Å². The normalized spacial score (nSPS) is 10.8. The van der Waals surface area contributed by atoms with Crippen LogP contribution in [0.2, 0.25) is 10.0 Å². The maximum atomic E-state index is 12.8. The van der Waals surface area contributed by atoms with Gasteiger partial charge < -0.3 is 14.6 Å². The number of aryl methyl sites for hydroxylation is 1. The number of nitrogens with one attached hydrogen (secondary N) is 1. The van der Waals surface area contributed by atoms with E-state index >= 15 is 0 Å². The molecule has 0 aliphatic carbocycles. The van der Waals surface area contributed by atoms with E-state index < -0.39 is 5.91 Å². The molecule has 0 aliphatic rings. The molecule has 1 N–H and O–H groups in total. The largest absolute Gasteiger partial charge is 0.494 e. The summed E-state index contributed by atoms with van der Waals surface area (Å²) in [6.07, 6.45) is 1.51. The van der Waals surface area contributed by atoms with Crippen LogP contribution in [-0.4, -0.2) is 17.1 Å². The third-order valence-corrected chi connectivity index (χ3v) is 4.27. The molecule has 3 aromatic rings. The standard InChI is InChI=1S/C19H16Cl2N2O3/c1-3-26-14-4-5-17-15(9-14)18(24)16(10-23(17)2)19(25)22-13-7-11(20)6-12(21)8-13/h4-10H,3H2,1-2H3,(H,22,25). The van der Waals surface area contributed by atoms with Crippen molar-refractivity contribution in [1.82, 2.24) is 4.57 Å². The summed E-state index contributed by atoms with van der Waals surface area (Å²) in [5.41, 5.74) is 0.772. The summed E-state index contributed by atoms with van der Waals surface area (Å²) < 4.78 is 7.18. The minimum atomic E-state index is -0.535. The second-order valence-corrected chi connectivity index (χ2v) is 6.58. The van der Waals surface area contributed by atoms with Crippen LogP contribution >= 0.6 is 23.2 Å². The molecule has 5 nitrogen and oxygen atoms in total. The van der Waals surface area contributed by atoms with Crippen molar-refractivity contribution < 1.29 is 9.53 Å². The molecule has 0 saturated carbocycles. The fourth-order valence-electron chi connectivity index (χ4n) is 2.71. The van der Waals surface area contributed by atoms with Crippen molar-refractivity contribution in [3.8, 4) is 5.75 Å². The fraction of sp³-hybridized carbons (Fsp3) is 0.158. The molecule has 0 unspecified atom stereocenters. The van der Waals surface area contributed by atoms with Crippen molar-refractivity contribution in [1.29, 1.82) is 0 Å². The zero-order valence-electron chi connectivity index (χ0n) is 14.2. The molecular weight excluding hydrogens is 375 g/mol. The molecule has 3 rings (SSSR count). The van der Waals surface area contributed by atoms with Gasteiger partial charge in [0.05, 0.1) is 17.5 Å². The summed E-state index contributed by atoms with van der Waals surface area (Å²) in [4.78, 5) is 25.4. The molecule has 1 aromatic heterocycles. The monoisotopic (exact) mass is 390 g/mol. The molecule has 0 radical (unpaired) electrons. The first-order valence-corrected chi connectivity index (χ1v) is 8.68. The van der Waals surface area contributed by atoms with E-state index in [0.717, 1.165) is 0 Å². The molecule has 26 heavy (non-hydrogen) atoms. The summed E-state index contributed by atoms with van der Waals surface area (Å²) in [5, 5.41) is 3.85. The number of hydrogen-bond donors (Lipinski definition) is 1. The van der Waals surface area contributed by atoms with Gasteiger partial charge >= 0.3 is 0 Å². The van der Waals surface area contributed by atoms with Crippen LogP contribution in [-0.2, 0) is 7.05 Å². The van der Waals surface area contributed by atoms with Crippen molar-refractivity contribution in [2.75, 3.05) is 11.9 Å². The Morgan fingerprint density at radius 3 is 2.50 bits per heavy atom. The van der Waals surface area contributed by atoms with Crippen LogP contribution < -0.4 is 15.5 Å². The Morgan fingerprint density at radius 1 is 1.15 bits per heavy atom. The maximum absolute atomic E-state index is 12.8. The number of anilines is 1. The second-order valence-electron chi connectivity index (χ2n) is 5.71. The number of aromatic nitrogens is 1. The van der Waals surface area contributed by atoms with Gasteiger partial charge in [0.1, 0.15) is 11.3 Å². The Hall–Kier alpha value is -2.50. The summed E-state index contributed by atoms with van der Waals surface area (Å²) in [6, 6.07) is 9.91. The first-order valence-electron chi connectivity index (χ1n) is 7.92. The SMILES string of the molecule is CCOc1ccc2c(c1)c(=O)c(C(=O)Nc1cc(Cl)cc(Cl)c1)cn2C. The minimum absolute atomic E-state index is 0.0183. The highest BCUT2D eigenvalue weighted by atomic mass is 35.5. The molecule has 1 heterocycles. The number of halogens is 2. The predicted molar refractivity (Wildman–Crippen MR) is 105 cm³/mol. The molecule has 2 aromatic carbocycles. The molecule has 0 atom stereocenters. The summed E-state index contributed by atoms with van der Waals surface area (Å²) in [5.74, 6) is 0.0453. The van der Waals surface area contributed by atoms with Crippen molar-refractivity contribution in [3.05, 3.63) is 68.4 Å². The molecule has 0 saturated heterocycles. The Morgan fingerprint density at radius 2 is 1.85 bits per heavy atom. The van der Waals surface area contributed by atoms with E-state index in [4.69, 9.17) is 27.9 Å². The van der Waals surface area contributed by atoms with E-state index in [1.807, 2.05) is 6.92 Å². The van der Waals surface area contributed by atoms with Crippen molar-refractivity contribution in [2.24, 2.45) is 7.05 Å². The van der Waals surface area contributed by atoms with Gasteiger partial charge in [0, 0.05) is 29.0 Å². The van der Waals surface area contributed by atoms with Crippen molar-refractivity contribution >= 4 is 45.7 Å². The third-order valence-electron chi connectivity index (χ3n) is 3.84. The Labute approximate surface area is 160 Å². The number of carbonyl (C=O) groups is 1. The van der Waals surface area contributed by atoms with Crippen LogP contribution in [0.4, 0.5) is 5.69 Å². The highest BCUT2D eigenvalue weighted by Gasteiger charge is 2.16. The maximum Gasteiger partial charge on any atom is 0.261 e. The first-order chi connectivity index (χ1) is 12.4. The van der Waals surface area contributed by atoms with Gasteiger partial charge in [0.2, 0.25) is 5.43 Å².